The van der Waals surface area contributed by atoms with Gasteiger partial charge in [-0.1, -0.05) is 24.3 Å². The zero-order chi connectivity index (χ0) is 16.5. The summed E-state index contributed by atoms with van der Waals surface area (Å²) in [6, 6.07) is 7.76. The SMILES string of the molecule is CC1CCCN1CCc1cn2c(n1)C=CC(c1ccccc1F)C2. The van der Waals surface area contributed by atoms with Crippen LogP contribution in [0.4, 0.5) is 4.39 Å². The van der Waals surface area contributed by atoms with Gasteiger partial charge < -0.3 is 9.47 Å². The van der Waals surface area contributed by atoms with E-state index in [1.165, 1.54) is 25.5 Å². The minimum atomic E-state index is -0.126. The zero-order valence-corrected chi connectivity index (χ0v) is 14.2. The van der Waals surface area contributed by atoms with Gasteiger partial charge in [0, 0.05) is 37.7 Å². The number of hydrogen-bond donors (Lipinski definition) is 0. The molecule has 2 atom stereocenters. The Labute approximate surface area is 142 Å². The Balaban J connectivity index is 1.45. The molecule has 0 saturated carbocycles. The Morgan fingerprint density at radius 1 is 1.29 bits per heavy atom. The van der Waals surface area contributed by atoms with Crippen LogP contribution in [0.15, 0.2) is 36.5 Å². The van der Waals surface area contributed by atoms with E-state index in [2.05, 4.69) is 28.7 Å². The van der Waals surface area contributed by atoms with Crippen molar-refractivity contribution in [2.24, 2.45) is 0 Å². The number of rotatable bonds is 4. The third-order valence-electron chi connectivity index (χ3n) is 5.38. The summed E-state index contributed by atoms with van der Waals surface area (Å²) < 4.78 is 16.2. The Morgan fingerprint density at radius 3 is 2.96 bits per heavy atom. The second-order valence-corrected chi connectivity index (χ2v) is 7.01. The highest BCUT2D eigenvalue weighted by Crippen LogP contribution is 2.28. The lowest BCUT2D eigenvalue weighted by atomic mass is 9.96. The van der Waals surface area contributed by atoms with E-state index in [1.54, 1.807) is 6.07 Å². The average molecular weight is 325 g/mol. The summed E-state index contributed by atoms with van der Waals surface area (Å²) in [5.41, 5.74) is 1.91. The molecule has 2 aromatic rings. The second-order valence-electron chi connectivity index (χ2n) is 7.01. The molecule has 3 nitrogen and oxygen atoms in total. The summed E-state index contributed by atoms with van der Waals surface area (Å²) in [6.45, 7) is 5.37. The maximum Gasteiger partial charge on any atom is 0.132 e. The van der Waals surface area contributed by atoms with Gasteiger partial charge in [-0.15, -0.1) is 0 Å². The van der Waals surface area contributed by atoms with Gasteiger partial charge in [-0.05, 0) is 44.0 Å². The third kappa shape index (κ3) is 3.03. The summed E-state index contributed by atoms with van der Waals surface area (Å²) in [4.78, 5) is 7.29. The van der Waals surface area contributed by atoms with Gasteiger partial charge in [-0.2, -0.15) is 0 Å². The normalized spacial score (nSPS) is 23.6. The van der Waals surface area contributed by atoms with E-state index in [-0.39, 0.29) is 11.7 Å². The van der Waals surface area contributed by atoms with Gasteiger partial charge in [-0.3, -0.25) is 0 Å². The molecule has 0 amide bonds. The molecule has 0 radical (unpaired) electrons. The summed E-state index contributed by atoms with van der Waals surface area (Å²) in [5, 5.41) is 0. The van der Waals surface area contributed by atoms with E-state index in [0.717, 1.165) is 36.6 Å². The highest BCUT2D eigenvalue weighted by Gasteiger charge is 2.22. The number of allylic oxidation sites excluding steroid dienone is 1. The van der Waals surface area contributed by atoms with E-state index in [0.29, 0.717) is 6.04 Å². The molecule has 0 spiro atoms. The first-order valence-electron chi connectivity index (χ1n) is 8.93. The van der Waals surface area contributed by atoms with E-state index >= 15 is 0 Å². The smallest absolute Gasteiger partial charge is 0.132 e. The van der Waals surface area contributed by atoms with Crippen LogP contribution < -0.4 is 0 Å². The Morgan fingerprint density at radius 2 is 2.17 bits per heavy atom. The van der Waals surface area contributed by atoms with Crippen molar-refractivity contribution >= 4 is 6.08 Å². The number of imidazole rings is 1. The molecule has 24 heavy (non-hydrogen) atoms. The van der Waals surface area contributed by atoms with Crippen LogP contribution in [0, 0.1) is 5.82 Å². The fourth-order valence-corrected chi connectivity index (χ4v) is 3.92. The van der Waals surface area contributed by atoms with Crippen LogP contribution in [0.5, 0.6) is 0 Å². The standard InChI is InChI=1S/C20H24FN3/c1-15-5-4-11-23(15)12-10-17-14-24-13-16(8-9-20(24)22-17)18-6-2-3-7-19(18)21/h2-3,6-9,14-16H,4-5,10-13H2,1H3. The van der Waals surface area contributed by atoms with Crippen molar-refractivity contribution in [1.29, 1.82) is 0 Å². The average Bonchev–Trinajstić information content (AvgIpc) is 3.18. The summed E-state index contributed by atoms with van der Waals surface area (Å²) in [7, 11) is 0. The molecule has 3 heterocycles. The molecule has 4 rings (SSSR count). The van der Waals surface area contributed by atoms with Crippen molar-refractivity contribution in [1.82, 2.24) is 14.5 Å². The largest absolute Gasteiger partial charge is 0.330 e. The molecule has 0 N–H and O–H groups in total. The number of halogens is 1. The Kier molecular flexibility index (Phi) is 4.23. The second kappa shape index (κ2) is 6.52. The summed E-state index contributed by atoms with van der Waals surface area (Å²) in [6.07, 6.45) is 9.87. The predicted molar refractivity (Wildman–Crippen MR) is 94.4 cm³/mol. The highest BCUT2D eigenvalue weighted by atomic mass is 19.1. The molecule has 2 aliphatic rings. The van der Waals surface area contributed by atoms with Gasteiger partial charge in [0.1, 0.15) is 11.6 Å². The van der Waals surface area contributed by atoms with Gasteiger partial charge in [0.15, 0.2) is 0 Å². The molecule has 2 unspecified atom stereocenters. The molecule has 1 aromatic carbocycles. The first kappa shape index (κ1) is 15.6. The predicted octanol–water partition coefficient (Wildman–Crippen LogP) is 3.86. The number of nitrogens with zero attached hydrogens (tertiary/aromatic N) is 3. The van der Waals surface area contributed by atoms with E-state index in [4.69, 9.17) is 4.98 Å². The van der Waals surface area contributed by atoms with Crippen molar-refractivity contribution in [3.63, 3.8) is 0 Å². The van der Waals surface area contributed by atoms with Crippen molar-refractivity contribution in [2.45, 2.75) is 44.7 Å². The Hall–Kier alpha value is -1.94. The van der Waals surface area contributed by atoms with Gasteiger partial charge in [-0.25, -0.2) is 9.37 Å². The molecular weight excluding hydrogens is 301 g/mol. The zero-order valence-electron chi connectivity index (χ0n) is 14.2. The van der Waals surface area contributed by atoms with Crippen LogP contribution in [0.2, 0.25) is 0 Å². The van der Waals surface area contributed by atoms with Gasteiger partial charge in [0.05, 0.1) is 5.69 Å². The number of likely N-dealkylation sites (tertiary alicyclic amines) is 1. The van der Waals surface area contributed by atoms with E-state index in [9.17, 15) is 4.39 Å². The Bertz CT molecular complexity index is 749. The minimum Gasteiger partial charge on any atom is -0.330 e. The fraction of sp³-hybridized carbons (Fsp3) is 0.450. The first-order chi connectivity index (χ1) is 11.7. The van der Waals surface area contributed by atoms with E-state index < -0.39 is 0 Å². The molecular formula is C20H24FN3. The molecule has 1 saturated heterocycles. The lowest BCUT2D eigenvalue weighted by Gasteiger charge is -2.20. The quantitative estimate of drug-likeness (QED) is 0.851. The number of fused-ring (bicyclic) bond motifs is 1. The summed E-state index contributed by atoms with van der Waals surface area (Å²) in [5.74, 6) is 0.949. The van der Waals surface area contributed by atoms with Gasteiger partial charge in [0.25, 0.3) is 0 Å². The molecule has 0 aliphatic carbocycles. The molecule has 2 aliphatic heterocycles. The van der Waals surface area contributed by atoms with Crippen LogP contribution in [-0.2, 0) is 13.0 Å². The lowest BCUT2D eigenvalue weighted by Crippen LogP contribution is -2.29. The van der Waals surface area contributed by atoms with Crippen molar-refractivity contribution in [2.75, 3.05) is 13.1 Å². The molecule has 126 valence electrons. The van der Waals surface area contributed by atoms with Gasteiger partial charge in [0.2, 0.25) is 0 Å². The van der Waals surface area contributed by atoms with E-state index in [1.807, 2.05) is 18.2 Å². The summed E-state index contributed by atoms with van der Waals surface area (Å²) >= 11 is 0. The van der Waals surface area contributed by atoms with Crippen molar-refractivity contribution in [3.8, 4) is 0 Å². The van der Waals surface area contributed by atoms with Crippen LogP contribution in [0.3, 0.4) is 0 Å². The monoisotopic (exact) mass is 325 g/mol. The number of benzene rings is 1. The van der Waals surface area contributed by atoms with Crippen molar-refractivity contribution in [3.05, 3.63) is 59.4 Å². The number of hydrogen-bond acceptors (Lipinski definition) is 2. The molecule has 1 aromatic heterocycles. The fourth-order valence-electron chi connectivity index (χ4n) is 3.92. The first-order valence-corrected chi connectivity index (χ1v) is 8.93. The van der Waals surface area contributed by atoms with Gasteiger partial charge >= 0.3 is 0 Å². The minimum absolute atomic E-state index is 0.0827. The van der Waals surface area contributed by atoms with Crippen LogP contribution in [-0.4, -0.2) is 33.6 Å². The highest BCUT2D eigenvalue weighted by molar-refractivity contribution is 5.47. The molecule has 0 bridgehead atoms. The topological polar surface area (TPSA) is 21.1 Å². The molecule has 4 heteroatoms. The van der Waals surface area contributed by atoms with Crippen molar-refractivity contribution < 1.29 is 4.39 Å². The maximum atomic E-state index is 14.0. The molecule has 1 fully saturated rings. The maximum absolute atomic E-state index is 14.0. The van der Waals surface area contributed by atoms with Crippen LogP contribution in [0.1, 0.15) is 42.8 Å². The lowest BCUT2D eigenvalue weighted by molar-refractivity contribution is 0.271. The van der Waals surface area contributed by atoms with Crippen LogP contribution in [0.25, 0.3) is 6.08 Å². The third-order valence-corrected chi connectivity index (χ3v) is 5.38. The number of aromatic nitrogens is 2. The van der Waals surface area contributed by atoms with Crippen LogP contribution >= 0.6 is 0 Å².